The summed E-state index contributed by atoms with van der Waals surface area (Å²) < 4.78 is 10.1. The van der Waals surface area contributed by atoms with Crippen LogP contribution >= 0.6 is 0 Å². The smallest absolute Gasteiger partial charge is 0.269 e. The first kappa shape index (κ1) is 16.4. The van der Waals surface area contributed by atoms with Crippen molar-refractivity contribution in [3.05, 3.63) is 51.9 Å². The molecule has 3 rings (SSSR count). The fourth-order valence-electron chi connectivity index (χ4n) is 2.96. The van der Waals surface area contributed by atoms with Crippen molar-refractivity contribution in [2.24, 2.45) is 0 Å². The third kappa shape index (κ3) is 3.72. The summed E-state index contributed by atoms with van der Waals surface area (Å²) in [5.41, 5.74) is 2.87. The highest BCUT2D eigenvalue weighted by Gasteiger charge is 2.21. The van der Waals surface area contributed by atoms with Gasteiger partial charge in [0.25, 0.3) is 5.69 Å². The van der Waals surface area contributed by atoms with Crippen molar-refractivity contribution in [1.29, 1.82) is 0 Å². The van der Waals surface area contributed by atoms with Gasteiger partial charge in [-0.15, -0.1) is 0 Å². The van der Waals surface area contributed by atoms with E-state index < -0.39 is 0 Å². The lowest BCUT2D eigenvalue weighted by atomic mass is 10.1. The minimum Gasteiger partial charge on any atom is -0.380 e. The van der Waals surface area contributed by atoms with Crippen LogP contribution in [0.25, 0.3) is 0 Å². The van der Waals surface area contributed by atoms with E-state index in [0.717, 1.165) is 49.7 Å². The van der Waals surface area contributed by atoms with Gasteiger partial charge in [-0.25, -0.2) is 0 Å². The zero-order valence-electron chi connectivity index (χ0n) is 13.6. The number of anilines is 1. The molecular formula is C16H20N4O4. The monoisotopic (exact) mass is 332 g/mol. The lowest BCUT2D eigenvalue weighted by Crippen LogP contribution is -2.46. The number of nitro benzene ring substituents is 1. The molecule has 0 spiro atoms. The molecule has 0 atom stereocenters. The summed E-state index contributed by atoms with van der Waals surface area (Å²) in [7, 11) is 1.60. The van der Waals surface area contributed by atoms with E-state index in [-0.39, 0.29) is 10.6 Å². The average molecular weight is 332 g/mol. The predicted molar refractivity (Wildman–Crippen MR) is 87.8 cm³/mol. The van der Waals surface area contributed by atoms with Crippen LogP contribution in [-0.4, -0.2) is 48.3 Å². The molecule has 24 heavy (non-hydrogen) atoms. The van der Waals surface area contributed by atoms with Gasteiger partial charge in [0.2, 0.25) is 0 Å². The van der Waals surface area contributed by atoms with Crippen LogP contribution < -0.4 is 4.90 Å². The van der Waals surface area contributed by atoms with Gasteiger partial charge in [-0.3, -0.25) is 15.0 Å². The van der Waals surface area contributed by atoms with Crippen molar-refractivity contribution in [3.8, 4) is 0 Å². The zero-order chi connectivity index (χ0) is 16.9. The maximum absolute atomic E-state index is 11.0. The molecule has 1 aromatic heterocycles. The van der Waals surface area contributed by atoms with Crippen molar-refractivity contribution in [2.75, 3.05) is 38.2 Å². The van der Waals surface area contributed by atoms with E-state index in [2.05, 4.69) is 15.0 Å². The summed E-state index contributed by atoms with van der Waals surface area (Å²) >= 11 is 0. The summed E-state index contributed by atoms with van der Waals surface area (Å²) in [4.78, 5) is 15.2. The molecule has 0 unspecified atom stereocenters. The highest BCUT2D eigenvalue weighted by Crippen LogP contribution is 2.27. The van der Waals surface area contributed by atoms with Crippen molar-refractivity contribution in [1.82, 2.24) is 10.1 Å². The van der Waals surface area contributed by atoms with Crippen LogP contribution in [0.15, 0.2) is 35.1 Å². The quantitative estimate of drug-likeness (QED) is 0.591. The normalized spacial score (nSPS) is 15.6. The fraction of sp³-hybridized carbons (Fsp3) is 0.438. The summed E-state index contributed by atoms with van der Waals surface area (Å²) in [5, 5.41) is 14.9. The van der Waals surface area contributed by atoms with Crippen LogP contribution in [0.4, 0.5) is 11.4 Å². The molecule has 0 bridgehead atoms. The number of hydrogen-bond acceptors (Lipinski definition) is 7. The fourth-order valence-corrected chi connectivity index (χ4v) is 2.96. The summed E-state index contributed by atoms with van der Waals surface area (Å²) in [6, 6.07) is 6.84. The number of piperazine rings is 1. The second kappa shape index (κ2) is 7.41. The number of benzene rings is 1. The standard InChI is InChI=1S/C16H20N4O4/c1-23-12-13-10-15(20(21)22)2-3-16(13)19-7-5-18(6-8-19)11-14-4-9-24-17-14/h2-4,9-10H,5-8,11-12H2,1H3. The molecule has 2 aromatic rings. The van der Waals surface area contributed by atoms with Crippen molar-refractivity contribution < 1.29 is 14.2 Å². The Balaban J connectivity index is 1.68. The lowest BCUT2D eigenvalue weighted by Gasteiger charge is -2.36. The topological polar surface area (TPSA) is 84.9 Å². The number of methoxy groups -OCH3 is 1. The maximum Gasteiger partial charge on any atom is 0.269 e. The number of rotatable bonds is 6. The van der Waals surface area contributed by atoms with E-state index >= 15 is 0 Å². The highest BCUT2D eigenvalue weighted by atomic mass is 16.6. The Kier molecular flexibility index (Phi) is 5.07. The number of non-ortho nitro benzene ring substituents is 1. The molecule has 0 N–H and O–H groups in total. The first-order valence-corrected chi connectivity index (χ1v) is 7.80. The molecule has 0 amide bonds. The maximum atomic E-state index is 11.0. The van der Waals surface area contributed by atoms with E-state index in [1.807, 2.05) is 12.1 Å². The van der Waals surface area contributed by atoms with Crippen LogP contribution in [0.1, 0.15) is 11.3 Å². The molecule has 8 heteroatoms. The highest BCUT2D eigenvalue weighted by molar-refractivity contribution is 5.58. The van der Waals surface area contributed by atoms with Gasteiger partial charge in [0, 0.05) is 69.3 Å². The molecule has 1 saturated heterocycles. The van der Waals surface area contributed by atoms with Crippen molar-refractivity contribution in [3.63, 3.8) is 0 Å². The largest absolute Gasteiger partial charge is 0.380 e. The summed E-state index contributed by atoms with van der Waals surface area (Å²) in [6.07, 6.45) is 1.58. The second-order valence-corrected chi connectivity index (χ2v) is 5.76. The Labute approximate surface area is 139 Å². The Bertz CT molecular complexity index is 681. The number of nitro groups is 1. The van der Waals surface area contributed by atoms with E-state index in [1.54, 1.807) is 25.5 Å². The molecule has 0 radical (unpaired) electrons. The number of aromatic nitrogens is 1. The lowest BCUT2D eigenvalue weighted by molar-refractivity contribution is -0.384. The third-order valence-corrected chi connectivity index (χ3v) is 4.16. The van der Waals surface area contributed by atoms with Crippen LogP contribution in [0.5, 0.6) is 0 Å². The second-order valence-electron chi connectivity index (χ2n) is 5.76. The molecule has 2 heterocycles. The number of nitrogens with zero attached hydrogens (tertiary/aromatic N) is 4. The molecule has 0 aliphatic carbocycles. The predicted octanol–water partition coefficient (Wildman–Crippen LogP) is 2.05. The number of ether oxygens (including phenoxy) is 1. The molecular weight excluding hydrogens is 312 g/mol. The molecule has 1 aliphatic heterocycles. The van der Waals surface area contributed by atoms with Crippen LogP contribution in [0.2, 0.25) is 0 Å². The average Bonchev–Trinajstić information content (AvgIpc) is 3.09. The molecule has 1 aromatic carbocycles. The van der Waals surface area contributed by atoms with E-state index in [9.17, 15) is 10.1 Å². The van der Waals surface area contributed by atoms with Gasteiger partial charge in [-0.1, -0.05) is 5.16 Å². The Morgan fingerprint density at radius 3 is 2.71 bits per heavy atom. The van der Waals surface area contributed by atoms with Gasteiger partial charge in [-0.05, 0) is 6.07 Å². The Morgan fingerprint density at radius 1 is 1.29 bits per heavy atom. The van der Waals surface area contributed by atoms with E-state index in [1.165, 1.54) is 0 Å². The molecule has 8 nitrogen and oxygen atoms in total. The van der Waals surface area contributed by atoms with Crippen molar-refractivity contribution in [2.45, 2.75) is 13.2 Å². The van der Waals surface area contributed by atoms with Gasteiger partial charge in [0.1, 0.15) is 6.26 Å². The molecule has 1 fully saturated rings. The molecule has 0 saturated carbocycles. The number of hydrogen-bond donors (Lipinski definition) is 0. The Morgan fingerprint density at radius 2 is 2.08 bits per heavy atom. The van der Waals surface area contributed by atoms with Gasteiger partial charge in [-0.2, -0.15) is 0 Å². The van der Waals surface area contributed by atoms with Gasteiger partial charge in [0.05, 0.1) is 17.2 Å². The summed E-state index contributed by atoms with van der Waals surface area (Å²) in [6.45, 7) is 4.64. The SMILES string of the molecule is COCc1cc([N+](=O)[O-])ccc1N1CCN(Cc2ccon2)CC1. The zero-order valence-corrected chi connectivity index (χ0v) is 13.6. The summed E-state index contributed by atoms with van der Waals surface area (Å²) in [5.74, 6) is 0. The van der Waals surface area contributed by atoms with Gasteiger partial charge < -0.3 is 14.2 Å². The van der Waals surface area contributed by atoms with E-state index in [4.69, 9.17) is 9.26 Å². The van der Waals surface area contributed by atoms with E-state index in [0.29, 0.717) is 6.61 Å². The van der Waals surface area contributed by atoms with Crippen LogP contribution in [0.3, 0.4) is 0 Å². The van der Waals surface area contributed by atoms with Gasteiger partial charge >= 0.3 is 0 Å². The first-order chi connectivity index (χ1) is 11.7. The molecule has 128 valence electrons. The Hall–Kier alpha value is -2.45. The van der Waals surface area contributed by atoms with Crippen molar-refractivity contribution >= 4 is 11.4 Å². The third-order valence-electron chi connectivity index (χ3n) is 4.16. The van der Waals surface area contributed by atoms with Crippen LogP contribution in [0, 0.1) is 10.1 Å². The molecule has 1 aliphatic rings. The van der Waals surface area contributed by atoms with Gasteiger partial charge in [0.15, 0.2) is 0 Å². The minimum absolute atomic E-state index is 0.0930. The van der Waals surface area contributed by atoms with Crippen LogP contribution in [-0.2, 0) is 17.9 Å². The minimum atomic E-state index is -0.376. The first-order valence-electron chi connectivity index (χ1n) is 7.80.